The number of aliphatic hydroxyl groups excluding tert-OH is 4. The second-order valence-electron chi connectivity index (χ2n) is 16.4. The molecule has 0 radical (unpaired) electrons. The molecule has 10 N–H and O–H groups in total. The van der Waals surface area contributed by atoms with Gasteiger partial charge in [0.05, 0.1) is 9.79 Å². The minimum Gasteiger partial charge on any atom is -0.744 e. The lowest BCUT2D eigenvalue weighted by Crippen LogP contribution is -2.71. The second kappa shape index (κ2) is 34.2. The van der Waals surface area contributed by atoms with E-state index in [9.17, 15) is 25.9 Å². The summed E-state index contributed by atoms with van der Waals surface area (Å²) in [7, 11) is -9.48. The zero-order valence-electron chi connectivity index (χ0n) is 42.9. The summed E-state index contributed by atoms with van der Waals surface area (Å²) in [4.78, 5) is -1.10. The highest BCUT2D eigenvalue weighted by molar-refractivity contribution is 7.86. The first kappa shape index (κ1) is 63.7. The van der Waals surface area contributed by atoms with Gasteiger partial charge in [-0.05, 0) is 37.8 Å². The van der Waals surface area contributed by atoms with Crippen LogP contribution >= 0.6 is 0 Å². The fourth-order valence-electron chi connectivity index (χ4n) is 7.02. The number of hydrogen-bond acceptors (Lipinski definition) is 10. The molecular weight excluding hydrogens is 973 g/mol. The number of benzene rings is 8. The first-order chi connectivity index (χ1) is 35.5. The van der Waals surface area contributed by atoms with Gasteiger partial charge in [0.15, 0.2) is 11.1 Å². The monoisotopic (exact) mass is 1050 g/mol. The van der Waals surface area contributed by atoms with Gasteiger partial charge in [-0.15, -0.1) is 0 Å². The molecule has 8 aromatic carbocycles. The lowest BCUT2D eigenvalue weighted by Gasteiger charge is -2.27. The van der Waals surface area contributed by atoms with Crippen LogP contribution < -0.4 is 11.5 Å². The van der Waals surface area contributed by atoms with Crippen LogP contribution in [0, 0.1) is 0 Å². The van der Waals surface area contributed by atoms with Crippen molar-refractivity contribution in [3.8, 4) is 0 Å². The van der Waals surface area contributed by atoms with Crippen LogP contribution in [0.15, 0.2) is 228 Å². The third kappa shape index (κ3) is 19.8. The van der Waals surface area contributed by atoms with E-state index < -0.39 is 30.0 Å². The Bertz CT molecular complexity index is 2530. The smallest absolute Gasteiger partial charge is 0.172 e. The molecule has 0 aliphatic rings. The standard InChI is InChI=1S/2C19H17N.C10H8O6S2.4C3H8O/c2*20-19(16-10-4-1-5-11-16,17-12-6-2-7-13-17)18-14-8-3-9-15-18;11-17(12,13)9-5-1-3-7-8(9)4-2-6-10(7)18(14,15)16;4*1-2-3-4/h2*1-15H,20H2;1-6H,(H,11,12,13)(H,14,15,16);4*4H,2-3H2,1H3. The van der Waals surface area contributed by atoms with Gasteiger partial charge < -0.3 is 41.0 Å². The summed E-state index contributed by atoms with van der Waals surface area (Å²) in [6.07, 6.45) is 3.50. The molecule has 12 nitrogen and oxygen atoms in total. The summed E-state index contributed by atoms with van der Waals surface area (Å²) in [5.74, 6) is 0. The van der Waals surface area contributed by atoms with Crippen LogP contribution in [-0.4, -0.2) is 72.8 Å². The highest BCUT2D eigenvalue weighted by Crippen LogP contribution is 2.33. The summed E-state index contributed by atoms with van der Waals surface area (Å²) in [6, 6.07) is 69.9. The van der Waals surface area contributed by atoms with E-state index in [1.807, 2.05) is 64.1 Å². The van der Waals surface area contributed by atoms with Crippen LogP contribution in [0.4, 0.5) is 0 Å². The van der Waals surface area contributed by atoms with Crippen molar-refractivity contribution >= 4 is 31.0 Å². The minimum atomic E-state index is -4.74. The second-order valence-corrected chi connectivity index (χ2v) is 19.1. The van der Waals surface area contributed by atoms with Gasteiger partial charge in [0.1, 0.15) is 20.2 Å². The molecular formula is C60H74N2O10S2. The van der Waals surface area contributed by atoms with Crippen molar-refractivity contribution in [1.29, 1.82) is 0 Å². The zero-order valence-corrected chi connectivity index (χ0v) is 44.5. The number of fused-ring (bicyclic) bond motifs is 1. The van der Waals surface area contributed by atoms with Gasteiger partial charge in [-0.2, -0.15) is 0 Å². The molecule has 0 saturated heterocycles. The van der Waals surface area contributed by atoms with Gasteiger partial charge in [0.2, 0.25) is 0 Å². The van der Waals surface area contributed by atoms with Crippen LogP contribution in [-0.2, 0) is 31.3 Å². The first-order valence-electron chi connectivity index (χ1n) is 24.4. The highest BCUT2D eigenvalue weighted by Gasteiger charge is 2.37. The molecule has 8 aromatic rings. The largest absolute Gasteiger partial charge is 0.744 e. The third-order valence-corrected chi connectivity index (χ3v) is 12.7. The minimum absolute atomic E-state index is 0.0792. The molecule has 396 valence electrons. The topological polar surface area (TPSA) is 251 Å². The maximum Gasteiger partial charge on any atom is 0.172 e. The Labute approximate surface area is 439 Å². The van der Waals surface area contributed by atoms with Gasteiger partial charge in [0.25, 0.3) is 0 Å². The average Bonchev–Trinajstić information content (AvgIpc) is 3.45. The van der Waals surface area contributed by atoms with Crippen molar-refractivity contribution in [2.75, 3.05) is 26.4 Å². The summed E-state index contributed by atoms with van der Waals surface area (Å²) < 4.78 is 66.1. The third-order valence-electron chi connectivity index (χ3n) is 10.9. The first-order valence-corrected chi connectivity index (χ1v) is 27.2. The van der Waals surface area contributed by atoms with E-state index >= 15 is 0 Å². The van der Waals surface area contributed by atoms with Crippen molar-refractivity contribution in [3.05, 3.63) is 252 Å². The van der Waals surface area contributed by atoms with Gasteiger partial charge in [-0.3, -0.25) is 0 Å². The number of aliphatic hydroxyl groups is 4. The van der Waals surface area contributed by atoms with Crippen molar-refractivity contribution in [3.63, 3.8) is 0 Å². The number of hydrogen-bond donors (Lipinski definition) is 6. The Kier molecular flexibility index (Phi) is 29.4. The molecule has 0 aliphatic carbocycles. The number of quaternary nitrogens is 2. The van der Waals surface area contributed by atoms with E-state index in [-0.39, 0.29) is 21.9 Å². The number of rotatable bonds is 12. The molecule has 0 heterocycles. The van der Waals surface area contributed by atoms with Crippen LogP contribution in [0.1, 0.15) is 86.8 Å². The molecule has 74 heavy (non-hydrogen) atoms. The van der Waals surface area contributed by atoms with E-state index in [0.717, 1.165) is 37.8 Å². The lowest BCUT2D eigenvalue weighted by atomic mass is 9.78. The zero-order chi connectivity index (χ0) is 54.9. The van der Waals surface area contributed by atoms with Gasteiger partial charge in [-0.25, -0.2) is 16.8 Å². The fraction of sp³-hybridized carbons (Fsp3) is 0.233. The Morgan fingerprint density at radius 2 is 0.486 bits per heavy atom. The predicted molar refractivity (Wildman–Crippen MR) is 294 cm³/mol. The van der Waals surface area contributed by atoms with Crippen LogP contribution in [0.2, 0.25) is 0 Å². The lowest BCUT2D eigenvalue weighted by molar-refractivity contribution is -0.455. The molecule has 0 unspecified atom stereocenters. The van der Waals surface area contributed by atoms with E-state index in [0.29, 0.717) is 26.4 Å². The molecule has 8 rings (SSSR count). The molecule has 14 heteroatoms. The van der Waals surface area contributed by atoms with Crippen molar-refractivity contribution < 1.29 is 57.8 Å². The summed E-state index contributed by atoms with van der Waals surface area (Å²) in [5.41, 5.74) is 15.7. The SMILES string of the molecule is CCCO.CCCO.CCCO.CCCO.O=S(=O)([O-])c1cccc2c(S(=O)(=O)[O-])cccc12.[NH3+]C(c1ccccc1)(c1ccccc1)c1ccccc1.[NH3+]C(c1ccccc1)(c1ccccc1)c1ccccc1. The van der Waals surface area contributed by atoms with Crippen molar-refractivity contribution in [2.24, 2.45) is 0 Å². The van der Waals surface area contributed by atoms with E-state index in [4.69, 9.17) is 20.4 Å². The van der Waals surface area contributed by atoms with Gasteiger partial charge in [-0.1, -0.05) is 234 Å². The summed E-state index contributed by atoms with van der Waals surface area (Å²) >= 11 is 0. The molecule has 0 fully saturated rings. The van der Waals surface area contributed by atoms with E-state index in [1.54, 1.807) is 0 Å². The molecule has 0 bridgehead atoms. The Morgan fingerprint density at radius 3 is 0.622 bits per heavy atom. The Morgan fingerprint density at radius 1 is 0.324 bits per heavy atom. The van der Waals surface area contributed by atoms with E-state index in [2.05, 4.69) is 157 Å². The van der Waals surface area contributed by atoms with Gasteiger partial charge >= 0.3 is 0 Å². The quantitative estimate of drug-likeness (QED) is 0.0502. The van der Waals surface area contributed by atoms with Crippen LogP contribution in [0.3, 0.4) is 0 Å². The Balaban J connectivity index is 0.000000331. The summed E-state index contributed by atoms with van der Waals surface area (Å²) in [5, 5.41) is 31.3. The Hall–Kier alpha value is -6.40. The van der Waals surface area contributed by atoms with Crippen molar-refractivity contribution in [1.82, 2.24) is 0 Å². The van der Waals surface area contributed by atoms with Crippen LogP contribution in [0.5, 0.6) is 0 Å². The summed E-state index contributed by atoms with van der Waals surface area (Å²) in [6.45, 7) is 9.00. The maximum absolute atomic E-state index is 11.0. The average molecular weight is 1050 g/mol. The molecule has 0 atom stereocenters. The highest BCUT2D eigenvalue weighted by atomic mass is 32.2. The maximum atomic E-state index is 11.0. The van der Waals surface area contributed by atoms with Gasteiger partial charge in [0, 0.05) is 70.6 Å². The normalized spacial score (nSPS) is 10.8. The fourth-order valence-corrected chi connectivity index (χ4v) is 8.41. The molecule has 0 spiro atoms. The molecule has 0 saturated carbocycles. The molecule has 0 aliphatic heterocycles. The van der Waals surface area contributed by atoms with E-state index in [1.165, 1.54) is 57.6 Å². The van der Waals surface area contributed by atoms with Crippen LogP contribution in [0.25, 0.3) is 10.8 Å². The van der Waals surface area contributed by atoms with Crippen molar-refractivity contribution in [2.45, 2.75) is 74.2 Å². The molecule has 0 aromatic heterocycles. The predicted octanol–water partition coefficient (Wildman–Crippen LogP) is 8.64. The molecule has 0 amide bonds.